The average Bonchev–Trinajstić information content (AvgIpc) is 3.29. The first kappa shape index (κ1) is 16.4. The molecule has 4 rings (SSSR count). The second kappa shape index (κ2) is 7.04. The first-order chi connectivity index (χ1) is 12.7. The lowest BCUT2D eigenvalue weighted by molar-refractivity contribution is -0.113. The van der Waals surface area contributed by atoms with Gasteiger partial charge in [-0.15, -0.1) is 10.2 Å². The molecular formula is C17H12FN3O4S. The van der Waals surface area contributed by atoms with E-state index in [1.54, 1.807) is 30.3 Å². The maximum atomic E-state index is 13.2. The van der Waals surface area contributed by atoms with E-state index in [0.717, 1.165) is 11.8 Å². The summed E-state index contributed by atoms with van der Waals surface area (Å²) in [5.41, 5.74) is 1.08. The molecular weight excluding hydrogens is 361 g/mol. The van der Waals surface area contributed by atoms with Crippen molar-refractivity contribution in [3.05, 3.63) is 48.3 Å². The topological polar surface area (TPSA) is 86.5 Å². The van der Waals surface area contributed by atoms with E-state index in [-0.39, 0.29) is 29.6 Å². The highest BCUT2D eigenvalue weighted by atomic mass is 32.2. The van der Waals surface area contributed by atoms with Crippen molar-refractivity contribution in [3.8, 4) is 23.0 Å². The van der Waals surface area contributed by atoms with Crippen LogP contribution in [0.4, 0.5) is 10.1 Å². The van der Waals surface area contributed by atoms with Gasteiger partial charge in [0, 0.05) is 17.3 Å². The third-order valence-corrected chi connectivity index (χ3v) is 4.28. The van der Waals surface area contributed by atoms with Gasteiger partial charge in [-0.25, -0.2) is 4.39 Å². The number of benzene rings is 2. The minimum absolute atomic E-state index is 0.0826. The number of ether oxygens (including phenoxy) is 2. The van der Waals surface area contributed by atoms with Crippen molar-refractivity contribution < 1.29 is 23.1 Å². The molecule has 0 saturated carbocycles. The number of hydrogen-bond donors (Lipinski definition) is 1. The zero-order chi connectivity index (χ0) is 17.9. The zero-order valence-electron chi connectivity index (χ0n) is 13.3. The number of hydrogen-bond acceptors (Lipinski definition) is 7. The Kier molecular flexibility index (Phi) is 4.44. The third-order valence-electron chi connectivity index (χ3n) is 3.46. The summed E-state index contributed by atoms with van der Waals surface area (Å²) in [6, 6.07) is 11.0. The second-order valence-electron chi connectivity index (χ2n) is 5.29. The number of anilines is 1. The first-order valence-electron chi connectivity index (χ1n) is 7.59. The molecule has 0 saturated heterocycles. The van der Waals surface area contributed by atoms with Gasteiger partial charge in [0.2, 0.25) is 18.6 Å². The number of fused-ring (bicyclic) bond motifs is 1. The van der Waals surface area contributed by atoms with E-state index in [0.29, 0.717) is 22.7 Å². The Bertz CT molecular complexity index is 963. The minimum Gasteiger partial charge on any atom is -0.454 e. The molecule has 3 aromatic rings. The SMILES string of the molecule is O=C(CSc1nnc(-c2cccc(F)c2)o1)Nc1ccc2c(c1)OCO2. The predicted molar refractivity (Wildman–Crippen MR) is 91.6 cm³/mol. The van der Waals surface area contributed by atoms with E-state index >= 15 is 0 Å². The van der Waals surface area contributed by atoms with Crippen molar-refractivity contribution in [2.45, 2.75) is 5.22 Å². The molecule has 0 unspecified atom stereocenters. The fourth-order valence-electron chi connectivity index (χ4n) is 2.30. The van der Waals surface area contributed by atoms with Crippen LogP contribution in [0.25, 0.3) is 11.5 Å². The summed E-state index contributed by atoms with van der Waals surface area (Å²) in [5.74, 6) is 0.889. The Balaban J connectivity index is 1.35. The van der Waals surface area contributed by atoms with Crippen molar-refractivity contribution in [1.82, 2.24) is 10.2 Å². The Morgan fingerprint density at radius 1 is 1.15 bits per heavy atom. The first-order valence-corrected chi connectivity index (χ1v) is 8.58. The molecule has 7 nitrogen and oxygen atoms in total. The number of thioether (sulfide) groups is 1. The Hall–Kier alpha value is -3.07. The molecule has 132 valence electrons. The van der Waals surface area contributed by atoms with Crippen LogP contribution in [0.15, 0.2) is 52.1 Å². The van der Waals surface area contributed by atoms with Gasteiger partial charge in [-0.05, 0) is 30.3 Å². The van der Waals surface area contributed by atoms with E-state index in [9.17, 15) is 9.18 Å². The smallest absolute Gasteiger partial charge is 0.277 e. The van der Waals surface area contributed by atoms with Crippen LogP contribution >= 0.6 is 11.8 Å². The maximum Gasteiger partial charge on any atom is 0.277 e. The molecule has 1 aliphatic heterocycles. The predicted octanol–water partition coefficient (Wildman–Crippen LogP) is 3.34. The lowest BCUT2D eigenvalue weighted by Crippen LogP contribution is -2.13. The quantitative estimate of drug-likeness (QED) is 0.687. The van der Waals surface area contributed by atoms with Gasteiger partial charge in [-0.1, -0.05) is 17.8 Å². The Labute approximate surface area is 151 Å². The van der Waals surface area contributed by atoms with Gasteiger partial charge in [0.15, 0.2) is 11.5 Å². The average molecular weight is 373 g/mol. The van der Waals surface area contributed by atoms with Gasteiger partial charge in [-0.3, -0.25) is 4.79 Å². The van der Waals surface area contributed by atoms with E-state index in [1.807, 2.05) is 0 Å². The molecule has 1 amide bonds. The molecule has 1 aliphatic rings. The molecule has 0 atom stereocenters. The molecule has 0 radical (unpaired) electrons. The summed E-state index contributed by atoms with van der Waals surface area (Å²) < 4.78 is 29.2. The summed E-state index contributed by atoms with van der Waals surface area (Å²) in [7, 11) is 0. The van der Waals surface area contributed by atoms with Gasteiger partial charge >= 0.3 is 0 Å². The van der Waals surface area contributed by atoms with Crippen molar-refractivity contribution in [2.24, 2.45) is 0 Å². The number of carbonyl (C=O) groups is 1. The van der Waals surface area contributed by atoms with Gasteiger partial charge < -0.3 is 19.2 Å². The third kappa shape index (κ3) is 3.62. The molecule has 9 heteroatoms. The number of nitrogens with zero attached hydrogens (tertiary/aromatic N) is 2. The van der Waals surface area contributed by atoms with Crippen LogP contribution in [0, 0.1) is 5.82 Å². The van der Waals surface area contributed by atoms with Gasteiger partial charge in [0.25, 0.3) is 5.22 Å². The van der Waals surface area contributed by atoms with E-state index in [2.05, 4.69) is 15.5 Å². The number of carbonyl (C=O) groups excluding carboxylic acids is 1. The second-order valence-corrected chi connectivity index (χ2v) is 6.21. The van der Waals surface area contributed by atoms with Crippen LogP contribution in [0.1, 0.15) is 0 Å². The van der Waals surface area contributed by atoms with Gasteiger partial charge in [0.1, 0.15) is 5.82 Å². The van der Waals surface area contributed by atoms with Crippen molar-refractivity contribution >= 4 is 23.4 Å². The van der Waals surface area contributed by atoms with Crippen molar-refractivity contribution in [2.75, 3.05) is 17.9 Å². The largest absolute Gasteiger partial charge is 0.454 e. The standard InChI is InChI=1S/C17H12FN3O4S/c18-11-3-1-2-10(6-11)16-20-21-17(25-16)26-8-15(22)19-12-4-5-13-14(7-12)24-9-23-13/h1-7H,8-9H2,(H,19,22). The van der Waals surface area contributed by atoms with E-state index < -0.39 is 5.82 Å². The monoisotopic (exact) mass is 373 g/mol. The maximum absolute atomic E-state index is 13.2. The molecule has 1 N–H and O–H groups in total. The van der Waals surface area contributed by atoms with Crippen LogP contribution in [-0.2, 0) is 4.79 Å². The van der Waals surface area contributed by atoms with Crippen LogP contribution < -0.4 is 14.8 Å². The normalized spacial score (nSPS) is 12.2. The summed E-state index contributed by atoms with van der Waals surface area (Å²) in [6.45, 7) is 0.174. The Morgan fingerprint density at radius 3 is 2.92 bits per heavy atom. The minimum atomic E-state index is -0.391. The van der Waals surface area contributed by atoms with E-state index in [4.69, 9.17) is 13.9 Å². The molecule has 0 bridgehead atoms. The van der Waals surface area contributed by atoms with Crippen molar-refractivity contribution in [1.29, 1.82) is 0 Å². The molecule has 2 aromatic carbocycles. The highest BCUT2D eigenvalue weighted by Gasteiger charge is 2.15. The summed E-state index contributed by atoms with van der Waals surface area (Å²) in [6.07, 6.45) is 0. The molecule has 0 fully saturated rings. The summed E-state index contributed by atoms with van der Waals surface area (Å²) in [5, 5.41) is 10.7. The Morgan fingerprint density at radius 2 is 2.04 bits per heavy atom. The van der Waals surface area contributed by atoms with Crippen LogP contribution in [0.3, 0.4) is 0 Å². The lowest BCUT2D eigenvalue weighted by atomic mass is 10.2. The molecule has 2 heterocycles. The van der Waals surface area contributed by atoms with E-state index in [1.165, 1.54) is 12.1 Å². The van der Waals surface area contributed by atoms with Crippen LogP contribution in [-0.4, -0.2) is 28.7 Å². The molecule has 0 aliphatic carbocycles. The van der Waals surface area contributed by atoms with Crippen molar-refractivity contribution in [3.63, 3.8) is 0 Å². The van der Waals surface area contributed by atoms with Gasteiger partial charge in [0.05, 0.1) is 5.75 Å². The highest BCUT2D eigenvalue weighted by molar-refractivity contribution is 7.99. The van der Waals surface area contributed by atoms with Crippen LogP contribution in [0.5, 0.6) is 11.5 Å². The summed E-state index contributed by atoms with van der Waals surface area (Å²) >= 11 is 1.09. The number of nitrogens with one attached hydrogen (secondary N) is 1. The molecule has 1 aromatic heterocycles. The zero-order valence-corrected chi connectivity index (χ0v) is 14.1. The van der Waals surface area contributed by atoms with Crippen LogP contribution in [0.2, 0.25) is 0 Å². The highest BCUT2D eigenvalue weighted by Crippen LogP contribution is 2.34. The molecule has 0 spiro atoms. The number of amides is 1. The fourth-order valence-corrected chi connectivity index (χ4v) is 2.87. The van der Waals surface area contributed by atoms with Gasteiger partial charge in [-0.2, -0.15) is 0 Å². The number of rotatable bonds is 5. The lowest BCUT2D eigenvalue weighted by Gasteiger charge is -2.05. The number of aromatic nitrogens is 2. The number of halogens is 1. The summed E-state index contributed by atoms with van der Waals surface area (Å²) in [4.78, 5) is 12.1. The molecule has 26 heavy (non-hydrogen) atoms. The fraction of sp³-hybridized carbons (Fsp3) is 0.118.